The first-order chi connectivity index (χ1) is 14.6. The quantitative estimate of drug-likeness (QED) is 0.395. The summed E-state index contributed by atoms with van der Waals surface area (Å²) < 4.78 is 0. The molecule has 2 N–H and O–H groups in total. The van der Waals surface area contributed by atoms with Crippen molar-refractivity contribution in [1.29, 1.82) is 0 Å². The van der Waals surface area contributed by atoms with Crippen LogP contribution in [0, 0.1) is 24.7 Å². The average molecular weight is 401 g/mol. The Balaban J connectivity index is 1.50. The van der Waals surface area contributed by atoms with Crippen molar-refractivity contribution in [1.82, 2.24) is 0 Å². The highest BCUT2D eigenvalue weighted by Crippen LogP contribution is 2.14. The summed E-state index contributed by atoms with van der Waals surface area (Å²) in [5, 5.41) is 5.76. The lowest BCUT2D eigenvalue weighted by atomic mass is 10.1. The summed E-state index contributed by atoms with van der Waals surface area (Å²) >= 11 is 0. The molecule has 0 aromatic heterocycles. The van der Waals surface area contributed by atoms with Gasteiger partial charge in [-0.05, 0) is 49.2 Å². The van der Waals surface area contributed by atoms with E-state index in [1.807, 2.05) is 36.4 Å². The molecular formula is C26H28N2O2. The molecule has 2 aromatic carbocycles. The monoisotopic (exact) mass is 400 g/mol. The number of rotatable bonds is 11. The smallest absolute Gasteiger partial charge is 0.224 e. The van der Waals surface area contributed by atoms with Crippen LogP contribution < -0.4 is 10.6 Å². The van der Waals surface area contributed by atoms with Gasteiger partial charge in [-0.1, -0.05) is 49.7 Å². The third-order valence-electron chi connectivity index (χ3n) is 4.68. The van der Waals surface area contributed by atoms with E-state index in [1.54, 1.807) is 12.1 Å². The van der Waals surface area contributed by atoms with Crippen LogP contribution in [0.1, 0.15) is 62.5 Å². The number of nitrogens with one attached hydrogen (secondary N) is 2. The van der Waals surface area contributed by atoms with Gasteiger partial charge in [0.25, 0.3) is 0 Å². The first-order valence-electron chi connectivity index (χ1n) is 10.3. The molecule has 0 spiro atoms. The van der Waals surface area contributed by atoms with E-state index in [-0.39, 0.29) is 11.8 Å². The normalized spacial score (nSPS) is 9.93. The maximum Gasteiger partial charge on any atom is 0.224 e. The summed E-state index contributed by atoms with van der Waals surface area (Å²) in [5.74, 6) is 5.13. The zero-order chi connectivity index (χ0) is 21.6. The summed E-state index contributed by atoms with van der Waals surface area (Å²) in [7, 11) is 0. The Morgan fingerprint density at radius 2 is 1.07 bits per heavy atom. The molecule has 0 fully saturated rings. The van der Waals surface area contributed by atoms with Crippen LogP contribution >= 0.6 is 0 Å². The number of amides is 2. The van der Waals surface area contributed by atoms with Gasteiger partial charge < -0.3 is 10.6 Å². The molecule has 2 rings (SSSR count). The molecule has 0 aliphatic rings. The predicted octanol–water partition coefficient (Wildman–Crippen LogP) is 5.35. The first-order valence-corrected chi connectivity index (χ1v) is 10.3. The predicted molar refractivity (Wildman–Crippen MR) is 123 cm³/mol. The van der Waals surface area contributed by atoms with Gasteiger partial charge in [-0.15, -0.1) is 12.8 Å². The van der Waals surface area contributed by atoms with E-state index < -0.39 is 0 Å². The van der Waals surface area contributed by atoms with Crippen molar-refractivity contribution in [3.8, 4) is 24.7 Å². The number of hydrogen-bond acceptors (Lipinski definition) is 2. The van der Waals surface area contributed by atoms with Gasteiger partial charge in [0.2, 0.25) is 11.8 Å². The Hall–Kier alpha value is -3.50. The lowest BCUT2D eigenvalue weighted by molar-refractivity contribution is -0.117. The van der Waals surface area contributed by atoms with Crippen molar-refractivity contribution in [2.75, 3.05) is 10.6 Å². The van der Waals surface area contributed by atoms with Crippen LogP contribution in [0.15, 0.2) is 48.5 Å². The summed E-state index contributed by atoms with van der Waals surface area (Å²) in [4.78, 5) is 24.0. The largest absolute Gasteiger partial charge is 0.326 e. The van der Waals surface area contributed by atoms with E-state index in [2.05, 4.69) is 22.5 Å². The van der Waals surface area contributed by atoms with Crippen LogP contribution in [0.5, 0.6) is 0 Å². The van der Waals surface area contributed by atoms with Gasteiger partial charge in [0, 0.05) is 35.3 Å². The third kappa shape index (κ3) is 8.67. The first kappa shape index (κ1) is 22.8. The van der Waals surface area contributed by atoms with Crippen LogP contribution in [0.4, 0.5) is 11.4 Å². The molecule has 30 heavy (non-hydrogen) atoms. The molecule has 154 valence electrons. The van der Waals surface area contributed by atoms with E-state index in [4.69, 9.17) is 12.8 Å². The number of carbonyl (C=O) groups is 2. The highest BCUT2D eigenvalue weighted by molar-refractivity contribution is 5.91. The summed E-state index contributed by atoms with van der Waals surface area (Å²) in [6, 6.07) is 14.6. The van der Waals surface area contributed by atoms with E-state index in [0.29, 0.717) is 12.8 Å². The van der Waals surface area contributed by atoms with Gasteiger partial charge >= 0.3 is 0 Å². The Labute approximate surface area is 179 Å². The highest BCUT2D eigenvalue weighted by Gasteiger charge is 2.04. The van der Waals surface area contributed by atoms with E-state index >= 15 is 0 Å². The van der Waals surface area contributed by atoms with Gasteiger partial charge in [-0.2, -0.15) is 0 Å². The Kier molecular flexibility index (Phi) is 9.77. The van der Waals surface area contributed by atoms with Crippen molar-refractivity contribution in [3.05, 3.63) is 59.7 Å². The molecule has 4 nitrogen and oxygen atoms in total. The highest BCUT2D eigenvalue weighted by atomic mass is 16.2. The molecule has 0 aliphatic heterocycles. The molecule has 0 radical (unpaired) electrons. The lowest BCUT2D eigenvalue weighted by Gasteiger charge is -2.06. The van der Waals surface area contributed by atoms with E-state index in [0.717, 1.165) is 61.0 Å². The number of carbonyl (C=O) groups excluding carboxylic acids is 2. The summed E-state index contributed by atoms with van der Waals surface area (Å²) in [6.45, 7) is 0. The molecule has 2 aromatic rings. The minimum absolute atomic E-state index is 0.00903. The van der Waals surface area contributed by atoms with Gasteiger partial charge in [-0.25, -0.2) is 0 Å². The van der Waals surface area contributed by atoms with Crippen molar-refractivity contribution < 1.29 is 9.59 Å². The van der Waals surface area contributed by atoms with Crippen molar-refractivity contribution >= 4 is 23.2 Å². The van der Waals surface area contributed by atoms with Gasteiger partial charge in [-0.3, -0.25) is 9.59 Å². The minimum Gasteiger partial charge on any atom is -0.326 e. The molecule has 4 heteroatoms. The fourth-order valence-electron chi connectivity index (χ4n) is 3.10. The van der Waals surface area contributed by atoms with Gasteiger partial charge in [0.15, 0.2) is 0 Å². The van der Waals surface area contributed by atoms with Crippen LogP contribution in [-0.2, 0) is 9.59 Å². The second-order valence-electron chi connectivity index (χ2n) is 7.17. The average Bonchev–Trinajstić information content (AvgIpc) is 2.75. The molecule has 0 atom stereocenters. The maximum atomic E-state index is 12.0. The maximum absolute atomic E-state index is 12.0. The Morgan fingerprint density at radius 1 is 0.667 bits per heavy atom. The number of terminal acetylenes is 2. The standard InChI is InChI=1S/C26H28N2O2/c1-3-21-13-11-15-23(19-21)27-25(29)17-9-7-5-6-8-10-18-26(30)28-24-16-12-14-22(4-2)20-24/h1-2,11-16,19-20H,5-10,17-18H2,(H,27,29)(H,28,30). The van der Waals surface area contributed by atoms with Crippen molar-refractivity contribution in [3.63, 3.8) is 0 Å². The molecule has 0 saturated carbocycles. The molecule has 2 amide bonds. The van der Waals surface area contributed by atoms with Crippen molar-refractivity contribution in [2.24, 2.45) is 0 Å². The second kappa shape index (κ2) is 12.9. The fraction of sp³-hybridized carbons (Fsp3) is 0.308. The zero-order valence-corrected chi connectivity index (χ0v) is 17.2. The Morgan fingerprint density at radius 3 is 1.47 bits per heavy atom. The number of benzene rings is 2. The molecule has 0 unspecified atom stereocenters. The number of anilines is 2. The lowest BCUT2D eigenvalue weighted by Crippen LogP contribution is -2.11. The third-order valence-corrected chi connectivity index (χ3v) is 4.68. The van der Waals surface area contributed by atoms with Crippen LogP contribution in [0.25, 0.3) is 0 Å². The molecule has 0 bridgehead atoms. The SMILES string of the molecule is C#Cc1cccc(NC(=O)CCCCCCCCC(=O)Nc2cccc(C#C)c2)c1. The fourth-order valence-corrected chi connectivity index (χ4v) is 3.10. The zero-order valence-electron chi connectivity index (χ0n) is 17.2. The van der Waals surface area contributed by atoms with Gasteiger partial charge in [0.1, 0.15) is 0 Å². The summed E-state index contributed by atoms with van der Waals surface area (Å²) in [6.07, 6.45) is 17.6. The number of hydrogen-bond donors (Lipinski definition) is 2. The minimum atomic E-state index is 0.00903. The van der Waals surface area contributed by atoms with Gasteiger partial charge in [0.05, 0.1) is 0 Å². The van der Waals surface area contributed by atoms with E-state index in [9.17, 15) is 9.59 Å². The Bertz CT molecular complexity index is 857. The van der Waals surface area contributed by atoms with Crippen LogP contribution in [0.2, 0.25) is 0 Å². The van der Waals surface area contributed by atoms with Crippen LogP contribution in [-0.4, -0.2) is 11.8 Å². The molecular weight excluding hydrogens is 372 g/mol. The molecule has 0 aliphatic carbocycles. The van der Waals surface area contributed by atoms with E-state index in [1.165, 1.54) is 0 Å². The van der Waals surface area contributed by atoms with Crippen LogP contribution in [0.3, 0.4) is 0 Å². The van der Waals surface area contributed by atoms with Crippen molar-refractivity contribution in [2.45, 2.75) is 51.4 Å². The summed E-state index contributed by atoms with van der Waals surface area (Å²) in [5.41, 5.74) is 2.98. The molecule has 0 saturated heterocycles. The topological polar surface area (TPSA) is 58.2 Å². The number of unbranched alkanes of at least 4 members (excludes halogenated alkanes) is 5. The second-order valence-corrected chi connectivity index (χ2v) is 7.17. The molecule has 0 heterocycles.